The predicted molar refractivity (Wildman–Crippen MR) is 103 cm³/mol. The summed E-state index contributed by atoms with van der Waals surface area (Å²) in [5.41, 5.74) is 5.89. The maximum absolute atomic E-state index is 8.69. The van der Waals surface area contributed by atoms with E-state index in [1.54, 1.807) is 0 Å². The van der Waals surface area contributed by atoms with Gasteiger partial charge in [0.2, 0.25) is 5.69 Å². The van der Waals surface area contributed by atoms with Crippen LogP contribution in [0.1, 0.15) is 43.9 Å². The lowest BCUT2D eigenvalue weighted by Gasteiger charge is -2.12. The van der Waals surface area contributed by atoms with Crippen molar-refractivity contribution in [3.05, 3.63) is 59.5 Å². The molecular formula is C23H27N2+. The Bertz CT molecular complexity index is 972. The Morgan fingerprint density at radius 1 is 1.20 bits per heavy atom. The Morgan fingerprint density at radius 2 is 2.00 bits per heavy atom. The normalized spacial score (nSPS) is 15.7. The number of aromatic nitrogens is 2. The summed E-state index contributed by atoms with van der Waals surface area (Å²) in [6, 6.07) is 9.45. The summed E-state index contributed by atoms with van der Waals surface area (Å²) >= 11 is 0. The molecule has 4 rings (SSSR count). The average Bonchev–Trinajstić information content (AvgIpc) is 3.15. The topological polar surface area (TPSA) is 16.8 Å². The number of nitrogens with zero attached hydrogens (tertiary/aromatic N) is 2. The lowest BCUT2D eigenvalue weighted by Crippen LogP contribution is -2.35. The lowest BCUT2D eigenvalue weighted by atomic mass is 9.94. The fraction of sp³-hybridized carbons (Fsp3) is 0.391. The molecule has 0 N–H and O–H groups in total. The molecule has 2 aromatic heterocycles. The minimum atomic E-state index is 0.640. The van der Waals surface area contributed by atoms with Crippen molar-refractivity contribution in [1.82, 2.24) is 4.98 Å². The zero-order valence-corrected chi connectivity index (χ0v) is 15.5. The van der Waals surface area contributed by atoms with Crippen molar-refractivity contribution in [2.24, 2.45) is 13.0 Å². The highest BCUT2D eigenvalue weighted by atomic mass is 14.9. The molecule has 1 aromatic carbocycles. The highest BCUT2D eigenvalue weighted by molar-refractivity contribution is 5.94. The first-order chi connectivity index (χ1) is 12.6. The van der Waals surface area contributed by atoms with Crippen molar-refractivity contribution < 1.29 is 5.94 Å². The molecule has 2 heterocycles. The van der Waals surface area contributed by atoms with Crippen LogP contribution in [0, 0.1) is 19.8 Å². The van der Waals surface area contributed by atoms with Crippen LogP contribution in [-0.4, -0.2) is 4.98 Å². The number of rotatable bonds is 3. The number of benzene rings is 1. The first-order valence-corrected chi connectivity index (χ1v) is 9.39. The van der Waals surface area contributed by atoms with Gasteiger partial charge >= 0.3 is 0 Å². The minimum absolute atomic E-state index is 0.640. The Hall–Kier alpha value is -2.22. The van der Waals surface area contributed by atoms with E-state index in [0.29, 0.717) is 6.04 Å². The lowest BCUT2D eigenvalue weighted by molar-refractivity contribution is -0.665. The Labute approximate surface area is 152 Å². The number of aryl methyl sites for hydroxylation is 1. The van der Waals surface area contributed by atoms with Gasteiger partial charge < -0.3 is 0 Å². The van der Waals surface area contributed by atoms with Gasteiger partial charge in [-0.2, -0.15) is 4.57 Å². The van der Waals surface area contributed by atoms with Gasteiger partial charge in [0.15, 0.2) is 5.69 Å². The van der Waals surface area contributed by atoms with Crippen LogP contribution in [0.25, 0.3) is 22.0 Å². The molecular weight excluding hydrogens is 304 g/mol. The molecule has 0 radical (unpaired) electrons. The molecule has 1 aliphatic rings. The van der Waals surface area contributed by atoms with E-state index in [4.69, 9.17) is 1.37 Å². The van der Waals surface area contributed by atoms with Crippen LogP contribution in [0.4, 0.5) is 0 Å². The summed E-state index contributed by atoms with van der Waals surface area (Å²) in [6.07, 6.45) is 10.4. The minimum Gasteiger partial charge on any atom is -0.264 e. The highest BCUT2D eigenvalue weighted by Crippen LogP contribution is 2.31. The van der Waals surface area contributed by atoms with Crippen LogP contribution >= 0.6 is 0 Å². The largest absolute Gasteiger partial charge is 0.264 e. The molecule has 1 saturated carbocycles. The van der Waals surface area contributed by atoms with Crippen LogP contribution < -0.4 is 4.57 Å². The van der Waals surface area contributed by atoms with Crippen molar-refractivity contribution in [2.45, 2.75) is 46.0 Å². The second-order valence-electron chi connectivity index (χ2n) is 7.54. The van der Waals surface area contributed by atoms with Crippen LogP contribution in [0.15, 0.2) is 42.7 Å². The van der Waals surface area contributed by atoms with Crippen molar-refractivity contribution in [2.75, 3.05) is 0 Å². The Morgan fingerprint density at radius 3 is 2.76 bits per heavy atom. The molecule has 0 spiro atoms. The van der Waals surface area contributed by atoms with E-state index in [-0.39, 0.29) is 0 Å². The van der Waals surface area contributed by atoms with Gasteiger partial charge in [-0.25, -0.2) is 0 Å². The molecule has 3 aromatic rings. The molecule has 1 aliphatic carbocycles. The number of hydrogen-bond acceptors (Lipinski definition) is 1. The molecule has 2 heteroatoms. The summed E-state index contributed by atoms with van der Waals surface area (Å²) in [5, 5.41) is 2.21. The Balaban J connectivity index is 1.90. The molecule has 0 saturated heterocycles. The predicted octanol–water partition coefficient (Wildman–Crippen LogP) is 5.08. The van der Waals surface area contributed by atoms with E-state index in [1.807, 2.05) is 19.3 Å². The van der Waals surface area contributed by atoms with Crippen LogP contribution in [0.2, 0.25) is 0 Å². The van der Waals surface area contributed by atoms with Gasteiger partial charge in [-0.05, 0) is 47.9 Å². The van der Waals surface area contributed by atoms with Gasteiger partial charge in [-0.1, -0.05) is 37.8 Å². The molecule has 2 nitrogen and oxygen atoms in total. The third-order valence-corrected chi connectivity index (χ3v) is 5.79. The molecule has 0 atom stereocenters. The first kappa shape index (κ1) is 15.1. The maximum atomic E-state index is 8.69. The summed E-state index contributed by atoms with van der Waals surface area (Å²) in [7, 11) is 2.06. The van der Waals surface area contributed by atoms with Crippen molar-refractivity contribution >= 4 is 10.8 Å². The monoisotopic (exact) mass is 332 g/mol. The fourth-order valence-electron chi connectivity index (χ4n) is 4.24. The summed E-state index contributed by atoms with van der Waals surface area (Å²) in [5.74, 6) is 0.822. The molecule has 1 fully saturated rings. The maximum Gasteiger partial charge on any atom is 0.222 e. The van der Waals surface area contributed by atoms with E-state index in [2.05, 4.69) is 47.8 Å². The Kier molecular flexibility index (Phi) is 3.97. The summed E-state index contributed by atoms with van der Waals surface area (Å²) in [6.45, 7) is 4.17. The molecule has 0 bridgehead atoms. The van der Waals surface area contributed by atoms with Crippen LogP contribution in [0.5, 0.6) is 0 Å². The highest BCUT2D eigenvalue weighted by Gasteiger charge is 2.21. The van der Waals surface area contributed by atoms with E-state index >= 15 is 0 Å². The summed E-state index contributed by atoms with van der Waals surface area (Å²) < 4.78 is 10.8. The van der Waals surface area contributed by atoms with Gasteiger partial charge in [-0.3, -0.25) is 4.98 Å². The van der Waals surface area contributed by atoms with Crippen LogP contribution in [-0.2, 0) is 13.5 Å². The summed E-state index contributed by atoms with van der Waals surface area (Å²) in [4.78, 5) is 4.35. The molecule has 0 unspecified atom stereocenters. The van der Waals surface area contributed by atoms with E-state index < -0.39 is 0 Å². The van der Waals surface area contributed by atoms with Gasteiger partial charge in [0.05, 0.1) is 12.3 Å². The van der Waals surface area contributed by atoms with Crippen molar-refractivity contribution in [3.8, 4) is 11.3 Å². The standard InChI is InChI=1S/C23H27N2/c1-16-10-11-24-15-22(16)23-21-9-8-19(13-18-6-4-5-7-18)14-20(21)12-17(2)25(23)3/h8-12,14-15,18H,4-7,13H2,1-3H3/q+1/i12D. The zero-order valence-electron chi connectivity index (χ0n) is 16.5. The number of fused-ring (bicyclic) bond motifs is 1. The number of hydrogen-bond donors (Lipinski definition) is 0. The SMILES string of the molecule is [2H]c1c(C)[n+](C)c(-c2cnccc2C)c2ccc(CC3CCCC3)cc12. The van der Waals surface area contributed by atoms with Gasteiger partial charge in [0.1, 0.15) is 7.05 Å². The zero-order chi connectivity index (χ0) is 18.3. The van der Waals surface area contributed by atoms with Gasteiger partial charge in [0.25, 0.3) is 0 Å². The van der Waals surface area contributed by atoms with Crippen molar-refractivity contribution in [3.63, 3.8) is 0 Å². The quantitative estimate of drug-likeness (QED) is 0.611. The first-order valence-electron chi connectivity index (χ1n) is 9.89. The van der Waals surface area contributed by atoms with Crippen molar-refractivity contribution in [1.29, 1.82) is 0 Å². The van der Waals surface area contributed by atoms with E-state index in [9.17, 15) is 0 Å². The molecule has 0 amide bonds. The molecule has 128 valence electrons. The van der Waals surface area contributed by atoms with Gasteiger partial charge in [-0.15, -0.1) is 0 Å². The average molecular weight is 332 g/mol. The molecule has 25 heavy (non-hydrogen) atoms. The van der Waals surface area contributed by atoms with E-state index in [0.717, 1.165) is 40.1 Å². The number of pyridine rings is 2. The fourth-order valence-corrected chi connectivity index (χ4v) is 4.24. The third kappa shape index (κ3) is 3.06. The van der Waals surface area contributed by atoms with Crippen LogP contribution in [0.3, 0.4) is 0 Å². The van der Waals surface area contributed by atoms with Gasteiger partial charge in [0, 0.05) is 25.4 Å². The molecule has 0 aliphatic heterocycles. The smallest absolute Gasteiger partial charge is 0.222 e. The third-order valence-electron chi connectivity index (χ3n) is 5.79. The second-order valence-corrected chi connectivity index (χ2v) is 7.54. The van der Waals surface area contributed by atoms with E-state index in [1.165, 1.54) is 36.8 Å². The second kappa shape index (κ2) is 6.59.